The van der Waals surface area contributed by atoms with Gasteiger partial charge < -0.3 is 9.47 Å². The predicted molar refractivity (Wildman–Crippen MR) is 103 cm³/mol. The van der Waals surface area contributed by atoms with E-state index in [-0.39, 0.29) is 0 Å². The Morgan fingerprint density at radius 1 is 0.750 bits per heavy atom. The number of ketones is 2. The zero-order valence-electron chi connectivity index (χ0n) is 15.6. The van der Waals surface area contributed by atoms with E-state index in [1.54, 1.807) is 62.4 Å². The molecule has 0 aliphatic carbocycles. The minimum atomic E-state index is -2.62. The zero-order chi connectivity index (χ0) is 20.4. The fourth-order valence-electron chi connectivity index (χ4n) is 2.04. The maximum Gasteiger partial charge on any atom is 0.698 e. The lowest BCUT2D eigenvalue weighted by molar-refractivity contribution is -0.127. The Morgan fingerprint density at radius 3 is 1.46 bits per heavy atom. The van der Waals surface area contributed by atoms with E-state index in [0.717, 1.165) is 0 Å². The Hall–Kier alpha value is -2.60. The van der Waals surface area contributed by atoms with Gasteiger partial charge >= 0.3 is 8.25 Å². The van der Waals surface area contributed by atoms with Gasteiger partial charge in [-0.25, -0.2) is 0 Å². The van der Waals surface area contributed by atoms with Crippen LogP contribution in [-0.2, 0) is 23.2 Å². The van der Waals surface area contributed by atoms with E-state index >= 15 is 0 Å². The standard InChI is InChI=1S/C20H22O7P/c1-15(26-17-9-5-3-6-10-17)19(21)13-24-28(23)25-14-20(22)16(2)27-18-11-7-4-8-12-18/h3-12,15-16H,13-14H2,1-2H3/q+1/t15-,16-/m1/s1. The number of rotatable bonds is 12. The fourth-order valence-corrected chi connectivity index (χ4v) is 2.58. The molecule has 0 heterocycles. The van der Waals surface area contributed by atoms with Gasteiger partial charge in [-0.1, -0.05) is 36.4 Å². The van der Waals surface area contributed by atoms with Gasteiger partial charge in [0.15, 0.2) is 25.4 Å². The zero-order valence-corrected chi connectivity index (χ0v) is 16.5. The number of carbonyl (C=O) groups excluding carboxylic acids is 2. The molecule has 28 heavy (non-hydrogen) atoms. The average molecular weight is 405 g/mol. The molecule has 0 bridgehead atoms. The van der Waals surface area contributed by atoms with Gasteiger partial charge in [-0.2, -0.15) is 0 Å². The van der Waals surface area contributed by atoms with Gasteiger partial charge in [-0.15, -0.1) is 9.05 Å². The summed E-state index contributed by atoms with van der Waals surface area (Å²) in [5.74, 6) is 0.287. The lowest BCUT2D eigenvalue weighted by Gasteiger charge is -2.12. The van der Waals surface area contributed by atoms with Crippen molar-refractivity contribution in [2.45, 2.75) is 26.1 Å². The first-order chi connectivity index (χ1) is 13.5. The maximum atomic E-state index is 12.0. The third kappa shape index (κ3) is 7.56. The molecule has 0 spiro atoms. The lowest BCUT2D eigenvalue weighted by atomic mass is 10.2. The Bertz CT molecular complexity index is 714. The molecule has 2 rings (SSSR count). The van der Waals surface area contributed by atoms with E-state index in [1.807, 2.05) is 12.1 Å². The number of Topliss-reactive ketones (excluding diaryl/α,β-unsaturated/α-hetero) is 2. The molecule has 0 saturated carbocycles. The number of hydrogen-bond acceptors (Lipinski definition) is 7. The summed E-state index contributed by atoms with van der Waals surface area (Å²) in [6.07, 6.45) is -1.54. The Balaban J connectivity index is 1.67. The van der Waals surface area contributed by atoms with Crippen molar-refractivity contribution < 1.29 is 32.7 Å². The fraction of sp³-hybridized carbons (Fsp3) is 0.300. The van der Waals surface area contributed by atoms with Crippen LogP contribution >= 0.6 is 8.25 Å². The van der Waals surface area contributed by atoms with Crippen molar-refractivity contribution in [3.63, 3.8) is 0 Å². The van der Waals surface area contributed by atoms with E-state index in [2.05, 4.69) is 0 Å². The Morgan fingerprint density at radius 2 is 1.11 bits per heavy atom. The summed E-state index contributed by atoms with van der Waals surface area (Å²) >= 11 is 0. The summed E-state index contributed by atoms with van der Waals surface area (Å²) in [4.78, 5) is 24.0. The maximum absolute atomic E-state index is 12.0. The second-order valence-corrected chi connectivity index (χ2v) is 6.81. The van der Waals surface area contributed by atoms with Crippen LogP contribution in [0.1, 0.15) is 13.8 Å². The van der Waals surface area contributed by atoms with Gasteiger partial charge in [-0.3, -0.25) is 9.59 Å². The van der Waals surface area contributed by atoms with Gasteiger partial charge in [0.05, 0.1) is 0 Å². The van der Waals surface area contributed by atoms with Crippen LogP contribution in [0.25, 0.3) is 0 Å². The number of carbonyl (C=O) groups is 2. The molecule has 2 atom stereocenters. The minimum absolute atomic E-state index is 0.400. The average Bonchev–Trinajstić information content (AvgIpc) is 2.71. The molecule has 7 nitrogen and oxygen atoms in total. The van der Waals surface area contributed by atoms with Crippen molar-refractivity contribution in [3.8, 4) is 11.5 Å². The van der Waals surface area contributed by atoms with Crippen LogP contribution in [0.5, 0.6) is 11.5 Å². The number of ether oxygens (including phenoxy) is 2. The molecule has 0 fully saturated rings. The lowest BCUT2D eigenvalue weighted by Crippen LogP contribution is -2.28. The van der Waals surface area contributed by atoms with Crippen molar-refractivity contribution in [3.05, 3.63) is 60.7 Å². The molecule has 0 amide bonds. The molecule has 0 aliphatic rings. The van der Waals surface area contributed by atoms with Gasteiger partial charge in [0.1, 0.15) is 11.5 Å². The van der Waals surface area contributed by atoms with E-state index in [1.165, 1.54) is 0 Å². The van der Waals surface area contributed by atoms with Gasteiger partial charge in [0, 0.05) is 4.57 Å². The highest BCUT2D eigenvalue weighted by atomic mass is 31.1. The third-order valence-corrected chi connectivity index (χ3v) is 4.32. The summed E-state index contributed by atoms with van der Waals surface area (Å²) in [6.45, 7) is 2.23. The molecule has 0 N–H and O–H groups in total. The molecular formula is C20H22O7P+. The van der Waals surface area contributed by atoms with Gasteiger partial charge in [0.2, 0.25) is 11.6 Å². The quantitative estimate of drug-likeness (QED) is 0.497. The Labute approximate surface area is 164 Å². The third-order valence-electron chi connectivity index (χ3n) is 3.64. The molecule has 2 aromatic rings. The number of para-hydroxylation sites is 2. The second kappa shape index (κ2) is 11.3. The summed E-state index contributed by atoms with van der Waals surface area (Å²) in [6, 6.07) is 17.7. The highest BCUT2D eigenvalue weighted by molar-refractivity contribution is 7.33. The van der Waals surface area contributed by atoms with E-state index in [0.29, 0.717) is 11.5 Å². The SMILES string of the molecule is C[C@@H](Oc1ccccc1)C(=O)CO[P+](=O)OCC(=O)[C@@H](C)Oc1ccccc1. The summed E-state index contributed by atoms with van der Waals surface area (Å²) in [5, 5.41) is 0. The number of benzene rings is 2. The topological polar surface area (TPSA) is 88.1 Å². The van der Waals surface area contributed by atoms with Crippen molar-refractivity contribution in [1.82, 2.24) is 0 Å². The van der Waals surface area contributed by atoms with Crippen LogP contribution in [0.15, 0.2) is 60.7 Å². The second-order valence-electron chi connectivity index (χ2n) is 5.85. The normalized spacial score (nSPS) is 12.6. The van der Waals surface area contributed by atoms with Crippen molar-refractivity contribution >= 4 is 19.8 Å². The monoisotopic (exact) mass is 405 g/mol. The number of hydrogen-bond donors (Lipinski definition) is 0. The van der Waals surface area contributed by atoms with Crippen LogP contribution < -0.4 is 9.47 Å². The molecule has 2 aromatic carbocycles. The molecule has 0 unspecified atom stereocenters. The van der Waals surface area contributed by atoms with Crippen LogP contribution in [0.4, 0.5) is 0 Å². The first kappa shape index (κ1) is 21.7. The van der Waals surface area contributed by atoms with Crippen molar-refractivity contribution in [2.75, 3.05) is 13.2 Å². The minimum Gasteiger partial charge on any atom is -0.483 e. The van der Waals surface area contributed by atoms with Crippen LogP contribution in [0.3, 0.4) is 0 Å². The molecule has 0 aromatic heterocycles. The van der Waals surface area contributed by atoms with E-state index < -0.39 is 45.2 Å². The summed E-state index contributed by atoms with van der Waals surface area (Å²) in [5.41, 5.74) is 0. The van der Waals surface area contributed by atoms with Crippen LogP contribution in [-0.4, -0.2) is 37.0 Å². The first-order valence-corrected chi connectivity index (χ1v) is 9.77. The van der Waals surface area contributed by atoms with E-state index in [4.69, 9.17) is 18.5 Å². The first-order valence-electron chi connectivity index (χ1n) is 8.67. The molecule has 148 valence electrons. The molecule has 0 aliphatic heterocycles. The Kier molecular flexibility index (Phi) is 8.75. The predicted octanol–water partition coefficient (Wildman–Crippen LogP) is 3.75. The molecule has 0 radical (unpaired) electrons. The highest BCUT2D eigenvalue weighted by Gasteiger charge is 2.28. The highest BCUT2D eigenvalue weighted by Crippen LogP contribution is 2.24. The molecule has 0 saturated heterocycles. The summed E-state index contributed by atoms with van der Waals surface area (Å²) < 4.78 is 32.4. The van der Waals surface area contributed by atoms with Crippen molar-refractivity contribution in [1.29, 1.82) is 0 Å². The van der Waals surface area contributed by atoms with Gasteiger partial charge in [0.25, 0.3) is 0 Å². The smallest absolute Gasteiger partial charge is 0.483 e. The van der Waals surface area contributed by atoms with Gasteiger partial charge in [-0.05, 0) is 38.1 Å². The molecular weight excluding hydrogens is 383 g/mol. The van der Waals surface area contributed by atoms with Crippen molar-refractivity contribution in [2.24, 2.45) is 0 Å². The van der Waals surface area contributed by atoms with Crippen LogP contribution in [0.2, 0.25) is 0 Å². The van der Waals surface area contributed by atoms with E-state index in [9.17, 15) is 14.2 Å². The van der Waals surface area contributed by atoms with Crippen LogP contribution in [0, 0.1) is 0 Å². The molecule has 8 heteroatoms. The summed E-state index contributed by atoms with van der Waals surface area (Å²) in [7, 11) is -2.62. The largest absolute Gasteiger partial charge is 0.698 e.